The van der Waals surface area contributed by atoms with Crippen LogP contribution in [0.5, 0.6) is 0 Å². The molecule has 46 heavy (non-hydrogen) atoms. The van der Waals surface area contributed by atoms with E-state index in [9.17, 15) is 19.2 Å². The second kappa shape index (κ2) is 15.0. The van der Waals surface area contributed by atoms with Gasteiger partial charge in [-0.3, -0.25) is 30.0 Å². The minimum atomic E-state index is -0.00837. The number of benzene rings is 4. The van der Waals surface area contributed by atoms with Gasteiger partial charge in [0.25, 0.3) is 0 Å². The summed E-state index contributed by atoms with van der Waals surface area (Å²) in [5.41, 5.74) is 13.4. The van der Waals surface area contributed by atoms with Crippen molar-refractivity contribution in [2.45, 2.75) is 52.4 Å². The van der Waals surface area contributed by atoms with Crippen molar-refractivity contribution in [1.82, 2.24) is 0 Å². The minimum absolute atomic E-state index is 0.00837. The van der Waals surface area contributed by atoms with Crippen LogP contribution in [-0.4, -0.2) is 34.6 Å². The first-order chi connectivity index (χ1) is 22.3. The maximum atomic E-state index is 12.6. The zero-order valence-corrected chi connectivity index (χ0v) is 26.0. The molecule has 0 unspecified atom stereocenters. The number of anilines is 2. The zero-order chi connectivity index (χ0) is 32.5. The Morgan fingerprint density at radius 3 is 1.26 bits per heavy atom. The van der Waals surface area contributed by atoms with Crippen LogP contribution in [0.15, 0.2) is 107 Å². The molecule has 0 saturated carbocycles. The van der Waals surface area contributed by atoms with Gasteiger partial charge in [-0.05, 0) is 112 Å². The van der Waals surface area contributed by atoms with Gasteiger partial charge in [-0.25, -0.2) is 0 Å². The lowest BCUT2D eigenvalue weighted by atomic mass is 10.0. The molecule has 0 aromatic heterocycles. The summed E-state index contributed by atoms with van der Waals surface area (Å²) in [4.78, 5) is 47.7. The molecule has 0 fully saturated rings. The lowest BCUT2D eigenvalue weighted by Crippen LogP contribution is -2.15. The van der Waals surface area contributed by atoms with Gasteiger partial charge in [-0.1, -0.05) is 48.5 Å². The molecule has 0 spiro atoms. The Morgan fingerprint density at radius 2 is 0.891 bits per heavy atom. The first-order valence-electron chi connectivity index (χ1n) is 15.4. The van der Waals surface area contributed by atoms with Crippen LogP contribution in [0.3, 0.4) is 0 Å². The lowest BCUT2D eigenvalue weighted by Gasteiger charge is -2.06. The summed E-state index contributed by atoms with van der Waals surface area (Å²) in [5, 5.41) is 8.60. The third kappa shape index (κ3) is 7.95. The quantitative estimate of drug-likeness (QED) is 0.131. The number of hydrogen-bond donors (Lipinski definition) is 2. The molecular weight excluding hydrogens is 576 g/mol. The molecule has 4 aromatic rings. The third-order valence-electron chi connectivity index (χ3n) is 7.99. The van der Waals surface area contributed by atoms with E-state index in [0.717, 1.165) is 59.3 Å². The molecule has 232 valence electrons. The van der Waals surface area contributed by atoms with Crippen molar-refractivity contribution in [1.29, 1.82) is 0 Å². The van der Waals surface area contributed by atoms with Crippen molar-refractivity contribution in [3.63, 3.8) is 0 Å². The number of nitrogens with zero attached hydrogens (tertiary/aromatic N) is 2. The van der Waals surface area contributed by atoms with Gasteiger partial charge in [0.05, 0.1) is 11.4 Å². The highest BCUT2D eigenvalue weighted by molar-refractivity contribution is 6.47. The second-order valence-electron chi connectivity index (χ2n) is 11.3. The molecule has 0 atom stereocenters. The Morgan fingerprint density at radius 1 is 0.522 bits per heavy atom. The van der Waals surface area contributed by atoms with E-state index in [0.29, 0.717) is 35.4 Å². The predicted octanol–water partition coefficient (Wildman–Crippen LogP) is 7.75. The van der Waals surface area contributed by atoms with E-state index in [4.69, 9.17) is 0 Å². The number of aryl methyl sites for hydroxylation is 2. The van der Waals surface area contributed by atoms with Crippen LogP contribution in [0.25, 0.3) is 0 Å². The highest BCUT2D eigenvalue weighted by Crippen LogP contribution is 2.21. The molecule has 2 N–H and O–H groups in total. The Balaban J connectivity index is 0.000000181. The van der Waals surface area contributed by atoms with E-state index < -0.39 is 0 Å². The minimum Gasteiger partial charge on any atom is -0.295 e. The molecule has 4 aromatic carbocycles. The lowest BCUT2D eigenvalue weighted by molar-refractivity contribution is 0.100. The summed E-state index contributed by atoms with van der Waals surface area (Å²) in [6.07, 6.45) is 4.93. The number of carbonyl (C=O) groups is 4. The van der Waals surface area contributed by atoms with Crippen LogP contribution in [0.4, 0.5) is 11.4 Å². The number of nitrogens with one attached hydrogen (secondary N) is 2. The fraction of sp³-hybridized carbons (Fsp3) is 0.211. The number of Topliss-reactive ketones (excluding diaryl/α,β-unsaturated/α-hetero) is 4. The second-order valence-corrected chi connectivity index (χ2v) is 11.3. The van der Waals surface area contributed by atoms with E-state index in [2.05, 4.69) is 21.1 Å². The highest BCUT2D eigenvalue weighted by atomic mass is 16.1. The molecule has 0 bridgehead atoms. The number of ketones is 4. The van der Waals surface area contributed by atoms with Gasteiger partial charge in [-0.2, -0.15) is 10.2 Å². The van der Waals surface area contributed by atoms with Crippen molar-refractivity contribution in [3.05, 3.63) is 130 Å². The summed E-state index contributed by atoms with van der Waals surface area (Å²) < 4.78 is 0. The predicted molar refractivity (Wildman–Crippen MR) is 182 cm³/mol. The van der Waals surface area contributed by atoms with Crippen molar-refractivity contribution >= 4 is 45.9 Å². The molecular formula is C38H36N4O4. The Labute approximate surface area is 268 Å². The van der Waals surface area contributed by atoms with Crippen LogP contribution in [0.1, 0.15) is 92.1 Å². The van der Waals surface area contributed by atoms with Gasteiger partial charge in [-0.15, -0.1) is 0 Å². The van der Waals surface area contributed by atoms with E-state index in [1.165, 1.54) is 13.8 Å². The average molecular weight is 613 g/mol. The molecule has 6 rings (SSSR count). The van der Waals surface area contributed by atoms with Crippen LogP contribution >= 0.6 is 0 Å². The van der Waals surface area contributed by atoms with Gasteiger partial charge in [0.2, 0.25) is 11.6 Å². The van der Waals surface area contributed by atoms with E-state index in [1.54, 1.807) is 48.5 Å². The van der Waals surface area contributed by atoms with Crippen LogP contribution in [0.2, 0.25) is 0 Å². The maximum Gasteiger partial charge on any atom is 0.209 e. The fourth-order valence-electron chi connectivity index (χ4n) is 5.39. The van der Waals surface area contributed by atoms with E-state index in [1.807, 2.05) is 48.5 Å². The van der Waals surface area contributed by atoms with Crippen molar-refractivity contribution in [2.75, 3.05) is 10.9 Å². The van der Waals surface area contributed by atoms with Gasteiger partial charge in [0.15, 0.2) is 11.6 Å². The molecule has 0 aliphatic heterocycles. The largest absolute Gasteiger partial charge is 0.295 e. The molecule has 0 amide bonds. The molecule has 0 saturated heterocycles. The molecule has 8 nitrogen and oxygen atoms in total. The average Bonchev–Trinajstić information content (AvgIpc) is 3.34. The van der Waals surface area contributed by atoms with E-state index >= 15 is 0 Å². The molecule has 0 heterocycles. The van der Waals surface area contributed by atoms with E-state index in [-0.39, 0.29) is 23.1 Å². The van der Waals surface area contributed by atoms with Gasteiger partial charge < -0.3 is 0 Å². The summed E-state index contributed by atoms with van der Waals surface area (Å²) in [6, 6.07) is 29.5. The summed E-state index contributed by atoms with van der Waals surface area (Å²) in [6.45, 7) is 3.06. The Kier molecular flexibility index (Phi) is 10.4. The summed E-state index contributed by atoms with van der Waals surface area (Å²) in [7, 11) is 0. The first-order valence-corrected chi connectivity index (χ1v) is 15.4. The molecule has 8 heteroatoms. The smallest absolute Gasteiger partial charge is 0.209 e. The van der Waals surface area contributed by atoms with Crippen LogP contribution < -0.4 is 10.9 Å². The van der Waals surface area contributed by atoms with Crippen molar-refractivity contribution in [2.24, 2.45) is 10.2 Å². The molecule has 2 aliphatic rings. The summed E-state index contributed by atoms with van der Waals surface area (Å²) >= 11 is 0. The number of rotatable bonds is 6. The van der Waals surface area contributed by atoms with Crippen LogP contribution in [0, 0.1) is 0 Å². The summed E-state index contributed by atoms with van der Waals surface area (Å²) in [5.74, 6) is 0.0359. The monoisotopic (exact) mass is 612 g/mol. The normalized spacial score (nSPS) is 15.9. The molecule has 0 radical (unpaired) electrons. The number of carbonyl (C=O) groups excluding carboxylic acids is 4. The molecule has 2 aliphatic carbocycles. The van der Waals surface area contributed by atoms with Crippen LogP contribution in [-0.2, 0) is 12.8 Å². The third-order valence-corrected chi connectivity index (χ3v) is 7.99. The maximum absolute atomic E-state index is 12.6. The highest BCUT2D eigenvalue weighted by Gasteiger charge is 2.22. The number of hydrazone groups is 2. The van der Waals surface area contributed by atoms with Gasteiger partial charge in [0.1, 0.15) is 11.4 Å². The van der Waals surface area contributed by atoms with Crippen molar-refractivity contribution < 1.29 is 19.2 Å². The topological polar surface area (TPSA) is 117 Å². The van der Waals surface area contributed by atoms with Gasteiger partial charge >= 0.3 is 0 Å². The fourth-order valence-corrected chi connectivity index (χ4v) is 5.39. The standard InChI is InChI=1S/2C19H18N2O2/c2*1-13(22)14-9-11-16(12-10-14)20-21-18-8-4-6-15-5-2-3-7-17(15)19(18)23/h2*2-3,5,7,9-12,20H,4,6,8H2,1H3/b2*21-18-. The Hall–Kier alpha value is -5.50. The van der Waals surface area contributed by atoms with Gasteiger partial charge in [0, 0.05) is 22.3 Å². The number of hydrogen-bond acceptors (Lipinski definition) is 8. The SMILES string of the molecule is CC(=O)c1ccc(N/N=C2/CCCc3ccccc3C2=O)cc1.CC(=O)c1ccc(N/N=C2/CCCc3ccccc3C2=O)cc1. The van der Waals surface area contributed by atoms with Crippen molar-refractivity contribution in [3.8, 4) is 0 Å². The Bertz CT molecular complexity index is 1690. The number of fused-ring (bicyclic) bond motifs is 2. The first kappa shape index (κ1) is 31.9. The zero-order valence-electron chi connectivity index (χ0n) is 26.0.